The molecule has 1 amide bonds. The zero-order chi connectivity index (χ0) is 27.5. The molecule has 2 heterocycles. The smallest absolute Gasteiger partial charge is 0.301 e. The lowest BCUT2D eigenvalue weighted by molar-refractivity contribution is -0.132. The first-order chi connectivity index (χ1) is 18.9. The summed E-state index contributed by atoms with van der Waals surface area (Å²) in [4.78, 5) is 33.0. The monoisotopic (exact) mass is 560 g/mol. The van der Waals surface area contributed by atoms with Crippen LogP contribution in [0.15, 0.2) is 85.0 Å². The van der Waals surface area contributed by atoms with Crippen molar-refractivity contribution in [2.75, 3.05) is 18.1 Å². The van der Waals surface area contributed by atoms with Crippen LogP contribution in [0.4, 0.5) is 5.13 Å². The Morgan fingerprint density at radius 3 is 2.64 bits per heavy atom. The molecular formula is C30H25ClN2O5S. The molecule has 0 aliphatic carbocycles. The summed E-state index contributed by atoms with van der Waals surface area (Å²) in [6.45, 7) is 6.50. The number of Topliss-reactive ketones (excluding diaryl/α,β-unsaturated/α-hetero) is 1. The fourth-order valence-electron chi connectivity index (χ4n) is 4.34. The fourth-order valence-corrected chi connectivity index (χ4v) is 5.61. The SMILES string of the molecule is C=CCOc1ccc(C2/C(=C(\O)c3cccc(OCCC)c3)C(=O)C(=O)N2c2nc3ccc(Cl)cc3s2)cc1. The number of thiazole rings is 1. The third-order valence-corrected chi connectivity index (χ3v) is 7.39. The second-order valence-electron chi connectivity index (χ2n) is 8.82. The van der Waals surface area contributed by atoms with Crippen LogP contribution in [0.5, 0.6) is 11.5 Å². The van der Waals surface area contributed by atoms with E-state index < -0.39 is 17.7 Å². The van der Waals surface area contributed by atoms with Crippen LogP contribution < -0.4 is 14.4 Å². The summed E-state index contributed by atoms with van der Waals surface area (Å²) >= 11 is 7.41. The number of halogens is 1. The van der Waals surface area contributed by atoms with Gasteiger partial charge in [-0.3, -0.25) is 14.5 Å². The number of fused-ring (bicyclic) bond motifs is 1. The summed E-state index contributed by atoms with van der Waals surface area (Å²) in [7, 11) is 0. The minimum atomic E-state index is -0.922. The maximum Gasteiger partial charge on any atom is 0.301 e. The number of carbonyl (C=O) groups is 2. The molecule has 7 nitrogen and oxygen atoms in total. The number of aliphatic hydroxyl groups is 1. The average Bonchev–Trinajstić information content (AvgIpc) is 3.48. The largest absolute Gasteiger partial charge is 0.507 e. The highest BCUT2D eigenvalue weighted by Crippen LogP contribution is 2.45. The van der Waals surface area contributed by atoms with E-state index >= 15 is 0 Å². The number of anilines is 1. The molecule has 3 aromatic carbocycles. The van der Waals surface area contributed by atoms with E-state index in [1.807, 2.05) is 6.92 Å². The molecule has 0 bridgehead atoms. The highest BCUT2D eigenvalue weighted by Gasteiger charge is 2.48. The lowest BCUT2D eigenvalue weighted by Crippen LogP contribution is -2.29. The van der Waals surface area contributed by atoms with Crippen molar-refractivity contribution in [3.05, 3.63) is 101 Å². The topological polar surface area (TPSA) is 89.0 Å². The second kappa shape index (κ2) is 11.3. The van der Waals surface area contributed by atoms with E-state index in [0.717, 1.165) is 11.1 Å². The Morgan fingerprint density at radius 2 is 1.90 bits per heavy atom. The van der Waals surface area contributed by atoms with Gasteiger partial charge in [0.2, 0.25) is 0 Å². The lowest BCUT2D eigenvalue weighted by Gasteiger charge is -2.23. The van der Waals surface area contributed by atoms with Crippen LogP contribution in [-0.4, -0.2) is 35.0 Å². The molecule has 1 atom stereocenters. The van der Waals surface area contributed by atoms with Crippen LogP contribution in [0, 0.1) is 0 Å². The highest BCUT2D eigenvalue weighted by atomic mass is 35.5. The summed E-state index contributed by atoms with van der Waals surface area (Å²) in [5, 5.41) is 12.3. The molecule has 1 aromatic heterocycles. The molecule has 4 aromatic rings. The summed E-state index contributed by atoms with van der Waals surface area (Å²) in [6, 6.07) is 18.2. The number of nitrogens with zero attached hydrogens (tertiary/aromatic N) is 2. The van der Waals surface area contributed by atoms with Crippen LogP contribution in [0.2, 0.25) is 5.02 Å². The first-order valence-electron chi connectivity index (χ1n) is 12.3. The highest BCUT2D eigenvalue weighted by molar-refractivity contribution is 7.22. The van der Waals surface area contributed by atoms with E-state index in [1.165, 1.54) is 16.2 Å². The van der Waals surface area contributed by atoms with Crippen molar-refractivity contribution in [1.82, 2.24) is 4.98 Å². The molecule has 1 unspecified atom stereocenters. The standard InChI is InChI=1S/C30H25ClN2O5S/c1-3-14-37-21-11-8-18(9-12-21)26-25(27(34)19-6-5-7-22(16-19)38-15-4-2)28(35)29(36)33(26)30-32-23-13-10-20(31)17-24(23)39-30/h3,5-13,16-17,26,34H,1,4,14-15H2,2H3/b27-25+. The number of benzene rings is 3. The van der Waals surface area contributed by atoms with Gasteiger partial charge in [0.25, 0.3) is 5.78 Å². The molecular weight excluding hydrogens is 536 g/mol. The zero-order valence-corrected chi connectivity index (χ0v) is 22.7. The molecule has 1 N–H and O–H groups in total. The van der Waals surface area contributed by atoms with Gasteiger partial charge in [0.15, 0.2) is 5.13 Å². The molecule has 0 spiro atoms. The molecule has 1 saturated heterocycles. The normalized spacial score (nSPS) is 16.6. The van der Waals surface area contributed by atoms with Crippen molar-refractivity contribution in [2.45, 2.75) is 19.4 Å². The predicted octanol–water partition coefficient (Wildman–Crippen LogP) is 6.93. The Hall–Kier alpha value is -4.14. The van der Waals surface area contributed by atoms with Crippen LogP contribution >= 0.6 is 22.9 Å². The molecule has 1 aliphatic rings. The van der Waals surface area contributed by atoms with Gasteiger partial charge in [-0.2, -0.15) is 0 Å². The maximum atomic E-state index is 13.5. The summed E-state index contributed by atoms with van der Waals surface area (Å²) in [5.41, 5.74) is 1.59. The minimum Gasteiger partial charge on any atom is -0.507 e. The van der Waals surface area contributed by atoms with Crippen LogP contribution in [0.25, 0.3) is 16.0 Å². The van der Waals surface area contributed by atoms with E-state index in [0.29, 0.717) is 51.5 Å². The number of aliphatic hydroxyl groups excluding tert-OH is 1. The van der Waals surface area contributed by atoms with E-state index in [4.69, 9.17) is 21.1 Å². The Kier molecular flexibility index (Phi) is 7.67. The second-order valence-corrected chi connectivity index (χ2v) is 10.3. The van der Waals surface area contributed by atoms with Crippen LogP contribution in [0.3, 0.4) is 0 Å². The first kappa shape index (κ1) is 26.5. The molecule has 1 aliphatic heterocycles. The third-order valence-electron chi connectivity index (χ3n) is 6.13. The molecule has 1 fully saturated rings. The van der Waals surface area contributed by atoms with Gasteiger partial charge in [0, 0.05) is 10.6 Å². The van der Waals surface area contributed by atoms with Gasteiger partial charge in [-0.1, -0.05) is 66.8 Å². The fraction of sp³-hybridized carbons (Fsp3) is 0.167. The maximum absolute atomic E-state index is 13.5. The summed E-state index contributed by atoms with van der Waals surface area (Å²) in [5.74, 6) is -0.720. The number of amides is 1. The number of hydrogen-bond donors (Lipinski definition) is 1. The number of aromatic nitrogens is 1. The van der Waals surface area contributed by atoms with Crippen molar-refractivity contribution in [1.29, 1.82) is 0 Å². The lowest BCUT2D eigenvalue weighted by atomic mass is 9.95. The van der Waals surface area contributed by atoms with Crippen molar-refractivity contribution < 1.29 is 24.2 Å². The molecule has 198 valence electrons. The number of carbonyl (C=O) groups excluding carboxylic acids is 2. The van der Waals surface area contributed by atoms with Crippen molar-refractivity contribution in [3.63, 3.8) is 0 Å². The van der Waals surface area contributed by atoms with E-state index in [1.54, 1.807) is 72.8 Å². The average molecular weight is 561 g/mol. The number of rotatable bonds is 9. The Bertz CT molecular complexity index is 1590. The van der Waals surface area contributed by atoms with Gasteiger partial charge >= 0.3 is 5.91 Å². The zero-order valence-electron chi connectivity index (χ0n) is 21.1. The molecule has 39 heavy (non-hydrogen) atoms. The van der Waals surface area contributed by atoms with Gasteiger partial charge in [-0.05, 0) is 54.4 Å². The van der Waals surface area contributed by atoms with E-state index in [-0.39, 0.29) is 11.3 Å². The Morgan fingerprint density at radius 1 is 1.10 bits per heavy atom. The van der Waals surface area contributed by atoms with Crippen molar-refractivity contribution in [3.8, 4) is 11.5 Å². The summed E-state index contributed by atoms with van der Waals surface area (Å²) in [6.07, 6.45) is 2.46. The summed E-state index contributed by atoms with van der Waals surface area (Å²) < 4.78 is 12.1. The number of hydrogen-bond acceptors (Lipinski definition) is 7. The van der Waals surface area contributed by atoms with Crippen molar-refractivity contribution >= 4 is 55.7 Å². The molecule has 0 saturated carbocycles. The number of ketones is 1. The molecule has 0 radical (unpaired) electrons. The Balaban J connectivity index is 1.65. The predicted molar refractivity (Wildman–Crippen MR) is 154 cm³/mol. The molecule has 5 rings (SSSR count). The van der Waals surface area contributed by atoms with E-state index in [9.17, 15) is 14.7 Å². The van der Waals surface area contributed by atoms with Gasteiger partial charge in [0.05, 0.1) is 28.4 Å². The van der Waals surface area contributed by atoms with Crippen LogP contribution in [0.1, 0.15) is 30.5 Å². The van der Waals surface area contributed by atoms with Crippen molar-refractivity contribution in [2.24, 2.45) is 0 Å². The quantitative estimate of drug-likeness (QED) is 0.103. The third kappa shape index (κ3) is 5.26. The van der Waals surface area contributed by atoms with Gasteiger partial charge in [-0.25, -0.2) is 4.98 Å². The van der Waals surface area contributed by atoms with Gasteiger partial charge < -0.3 is 14.6 Å². The van der Waals surface area contributed by atoms with E-state index in [2.05, 4.69) is 11.6 Å². The van der Waals surface area contributed by atoms with Gasteiger partial charge in [0.1, 0.15) is 23.9 Å². The Labute approximate surface area is 234 Å². The first-order valence-corrected chi connectivity index (χ1v) is 13.5. The van der Waals surface area contributed by atoms with Crippen LogP contribution in [-0.2, 0) is 9.59 Å². The minimum absolute atomic E-state index is 0.0373. The number of ether oxygens (including phenoxy) is 2. The van der Waals surface area contributed by atoms with Gasteiger partial charge in [-0.15, -0.1) is 0 Å². The molecule has 9 heteroatoms.